The number of hydrogen-bond donors (Lipinski definition) is 2. The van der Waals surface area contributed by atoms with E-state index in [1.54, 1.807) is 17.0 Å². The number of nitrogens with one attached hydrogen (secondary N) is 1. The summed E-state index contributed by atoms with van der Waals surface area (Å²) in [6.07, 6.45) is 0. The third kappa shape index (κ3) is 4.01. The second-order valence-electron chi connectivity index (χ2n) is 4.56. The van der Waals surface area contributed by atoms with Crippen molar-refractivity contribution in [3.63, 3.8) is 0 Å². The molecule has 0 radical (unpaired) electrons. The minimum Gasteiger partial charge on any atom is -0.369 e. The van der Waals surface area contributed by atoms with Crippen LogP contribution in [0.1, 0.15) is 10.4 Å². The molecule has 110 valence electrons. The highest BCUT2D eigenvalue weighted by molar-refractivity contribution is 7.76. The Balaban J connectivity index is 1.95. The van der Waals surface area contributed by atoms with Gasteiger partial charge < -0.3 is 14.6 Å². The van der Waals surface area contributed by atoms with Gasteiger partial charge in [0.1, 0.15) is 0 Å². The van der Waals surface area contributed by atoms with E-state index in [9.17, 15) is 9.00 Å². The van der Waals surface area contributed by atoms with Crippen molar-refractivity contribution >= 4 is 22.9 Å². The molecule has 0 amide bonds. The minimum absolute atomic E-state index is 0.320. The molecule has 1 aliphatic heterocycles. The molecule has 0 bridgehead atoms. The smallest absolute Gasteiger partial charge is 0.357 e. The maximum absolute atomic E-state index is 11.5. The number of benzene rings is 1. The molecule has 20 heavy (non-hydrogen) atoms. The predicted octanol–water partition coefficient (Wildman–Crippen LogP) is 0.236. The molecule has 1 atom stereocenters. The van der Waals surface area contributed by atoms with Crippen molar-refractivity contribution < 1.29 is 18.4 Å². The Kier molecular flexibility index (Phi) is 5.07. The third-order valence-corrected chi connectivity index (χ3v) is 3.40. The Labute approximate surface area is 119 Å². The normalized spacial score (nSPS) is 17.8. The monoisotopic (exact) mass is 299 g/mol. The molecule has 1 saturated heterocycles. The second-order valence-corrected chi connectivity index (χ2v) is 5.22. The van der Waals surface area contributed by atoms with Crippen LogP contribution in [-0.4, -0.2) is 52.9 Å². The Morgan fingerprint density at radius 2 is 1.85 bits per heavy atom. The topological polar surface area (TPSA) is 82.1 Å². The minimum atomic E-state index is -2.38. The summed E-state index contributed by atoms with van der Waals surface area (Å²) in [6.45, 7) is 3.92. The molecule has 1 heterocycles. The van der Waals surface area contributed by atoms with E-state index in [2.05, 4.69) is 21.7 Å². The summed E-state index contributed by atoms with van der Waals surface area (Å²) in [5, 5.41) is 0. The average Bonchev–Trinajstić information content (AvgIpc) is 2.46. The van der Waals surface area contributed by atoms with Gasteiger partial charge in [-0.25, -0.2) is 9.00 Å². The van der Waals surface area contributed by atoms with Crippen LogP contribution in [0.15, 0.2) is 24.3 Å². The van der Waals surface area contributed by atoms with Crippen molar-refractivity contribution in [3.05, 3.63) is 29.8 Å². The molecule has 2 rings (SSSR count). The number of hydrogen-bond acceptors (Lipinski definition) is 5. The quantitative estimate of drug-likeness (QED) is 0.612. The highest BCUT2D eigenvalue weighted by Gasteiger charge is 2.15. The second kappa shape index (κ2) is 6.80. The molecule has 7 nitrogen and oxygen atoms in total. The Hall–Kier alpha value is -1.48. The van der Waals surface area contributed by atoms with Gasteiger partial charge in [-0.2, -0.15) is 0 Å². The fraction of sp³-hybridized carbons (Fsp3) is 0.417. The molecule has 1 fully saturated rings. The summed E-state index contributed by atoms with van der Waals surface area (Å²) in [4.78, 5) is 22.2. The lowest BCUT2D eigenvalue weighted by molar-refractivity contribution is 0.0405. The van der Waals surface area contributed by atoms with Crippen LogP contribution in [0, 0.1) is 0 Å². The third-order valence-electron chi connectivity index (χ3n) is 3.18. The predicted molar refractivity (Wildman–Crippen MR) is 75.5 cm³/mol. The van der Waals surface area contributed by atoms with Crippen LogP contribution >= 0.6 is 0 Å². The van der Waals surface area contributed by atoms with Gasteiger partial charge in [0, 0.05) is 31.9 Å². The van der Waals surface area contributed by atoms with Gasteiger partial charge in [-0.05, 0) is 36.2 Å². The number of rotatable bonds is 4. The van der Waals surface area contributed by atoms with Gasteiger partial charge in [-0.3, -0.25) is 4.55 Å². The van der Waals surface area contributed by atoms with Crippen molar-refractivity contribution in [3.8, 4) is 0 Å². The molecule has 1 aliphatic rings. The molecule has 0 spiro atoms. The SMILES string of the molecule is CN1CCN(c2ccc(C(=O)ONS(=O)O)cc2)CC1. The Morgan fingerprint density at radius 3 is 2.40 bits per heavy atom. The molecule has 0 aromatic heterocycles. The number of likely N-dealkylation sites (N-methyl/N-ethyl adjacent to an activating group) is 1. The fourth-order valence-electron chi connectivity index (χ4n) is 2.01. The molecule has 0 saturated carbocycles. The van der Waals surface area contributed by atoms with E-state index < -0.39 is 17.2 Å². The van der Waals surface area contributed by atoms with Gasteiger partial charge in [-0.1, -0.05) is 0 Å². The number of carbonyl (C=O) groups excluding carboxylic acids is 1. The Bertz CT molecular complexity index is 486. The van der Waals surface area contributed by atoms with E-state index in [0.29, 0.717) is 5.56 Å². The standard InChI is InChI=1S/C12H17N3O4S/c1-14-6-8-15(9-7-14)11-4-2-10(3-5-11)12(16)19-13-20(17)18/h2-5,13H,6-9H2,1H3,(H,17,18). The first kappa shape index (κ1) is 14.9. The first-order valence-corrected chi connectivity index (χ1v) is 7.28. The van der Waals surface area contributed by atoms with Crippen LogP contribution in [-0.2, 0) is 16.1 Å². The molecular formula is C12H17N3O4S. The zero-order valence-electron chi connectivity index (χ0n) is 11.1. The number of carbonyl (C=O) groups is 1. The molecule has 8 heteroatoms. The van der Waals surface area contributed by atoms with Gasteiger partial charge in [0.2, 0.25) is 0 Å². The summed E-state index contributed by atoms with van der Waals surface area (Å²) in [5.74, 6) is -0.697. The van der Waals surface area contributed by atoms with E-state index in [1.165, 1.54) is 0 Å². The zero-order chi connectivity index (χ0) is 14.5. The van der Waals surface area contributed by atoms with E-state index >= 15 is 0 Å². The van der Waals surface area contributed by atoms with E-state index in [4.69, 9.17) is 4.55 Å². The van der Waals surface area contributed by atoms with E-state index in [1.807, 2.05) is 12.1 Å². The molecule has 1 aromatic carbocycles. The summed E-state index contributed by atoms with van der Waals surface area (Å²) < 4.78 is 18.8. The van der Waals surface area contributed by atoms with E-state index in [-0.39, 0.29) is 0 Å². The van der Waals surface area contributed by atoms with Gasteiger partial charge in [0.15, 0.2) is 0 Å². The Morgan fingerprint density at radius 1 is 1.25 bits per heavy atom. The number of nitrogens with zero attached hydrogens (tertiary/aromatic N) is 2. The molecule has 1 unspecified atom stereocenters. The van der Waals surface area contributed by atoms with Crippen molar-refractivity contribution in [2.24, 2.45) is 0 Å². The van der Waals surface area contributed by atoms with Crippen LogP contribution in [0.25, 0.3) is 0 Å². The van der Waals surface area contributed by atoms with Gasteiger partial charge in [0.05, 0.1) is 5.56 Å². The van der Waals surface area contributed by atoms with Crippen molar-refractivity contribution in [1.29, 1.82) is 0 Å². The van der Waals surface area contributed by atoms with Crippen LogP contribution in [0.3, 0.4) is 0 Å². The molecule has 1 aromatic rings. The molecule has 0 aliphatic carbocycles. The maximum Gasteiger partial charge on any atom is 0.357 e. The summed E-state index contributed by atoms with van der Waals surface area (Å²) in [5.41, 5.74) is 1.37. The van der Waals surface area contributed by atoms with Gasteiger partial charge >= 0.3 is 5.97 Å². The zero-order valence-corrected chi connectivity index (χ0v) is 11.9. The van der Waals surface area contributed by atoms with Gasteiger partial charge in [0.25, 0.3) is 11.3 Å². The van der Waals surface area contributed by atoms with Crippen LogP contribution in [0.4, 0.5) is 5.69 Å². The van der Waals surface area contributed by atoms with Gasteiger partial charge in [-0.15, -0.1) is 0 Å². The highest BCUT2D eigenvalue weighted by atomic mass is 32.2. The lowest BCUT2D eigenvalue weighted by Gasteiger charge is -2.34. The van der Waals surface area contributed by atoms with Crippen molar-refractivity contribution in [2.75, 3.05) is 38.1 Å². The summed E-state index contributed by atoms with van der Waals surface area (Å²) >= 11 is -2.38. The molecular weight excluding hydrogens is 282 g/mol. The van der Waals surface area contributed by atoms with Crippen LogP contribution < -0.4 is 9.79 Å². The van der Waals surface area contributed by atoms with Crippen LogP contribution in [0.5, 0.6) is 0 Å². The lowest BCUT2D eigenvalue weighted by atomic mass is 10.2. The van der Waals surface area contributed by atoms with Crippen molar-refractivity contribution in [2.45, 2.75) is 0 Å². The largest absolute Gasteiger partial charge is 0.369 e. The van der Waals surface area contributed by atoms with Crippen LogP contribution in [0.2, 0.25) is 0 Å². The first-order valence-electron chi connectivity index (χ1n) is 6.17. The number of piperazine rings is 1. The molecule has 2 N–H and O–H groups in total. The van der Waals surface area contributed by atoms with Crippen molar-refractivity contribution in [1.82, 2.24) is 9.79 Å². The first-order chi connectivity index (χ1) is 9.56. The lowest BCUT2D eigenvalue weighted by Crippen LogP contribution is -2.44. The summed E-state index contributed by atoms with van der Waals surface area (Å²) in [7, 11) is 2.09. The maximum atomic E-state index is 11.5. The highest BCUT2D eigenvalue weighted by Crippen LogP contribution is 2.17. The van der Waals surface area contributed by atoms with E-state index in [0.717, 1.165) is 31.9 Å². The number of anilines is 1. The fourth-order valence-corrected chi connectivity index (χ4v) is 2.15. The average molecular weight is 299 g/mol. The summed E-state index contributed by atoms with van der Waals surface area (Å²) in [6, 6.07) is 6.96.